The zero-order valence-electron chi connectivity index (χ0n) is 17.2. The van der Waals surface area contributed by atoms with Crippen LogP contribution in [0.25, 0.3) is 22.6 Å². The lowest BCUT2D eigenvalue weighted by atomic mass is 10.1. The minimum Gasteiger partial charge on any atom is -0.493 e. The van der Waals surface area contributed by atoms with Crippen LogP contribution < -0.4 is 15.4 Å². The molecule has 0 fully saturated rings. The van der Waals surface area contributed by atoms with Gasteiger partial charge in [0.05, 0.1) is 11.1 Å². The Morgan fingerprint density at radius 2 is 1.91 bits per heavy atom. The molecular formula is C24H20BrN3O3S. The first kappa shape index (κ1) is 22.0. The van der Waals surface area contributed by atoms with E-state index in [9.17, 15) is 4.79 Å². The predicted octanol–water partition coefficient (Wildman–Crippen LogP) is 5.46. The van der Waals surface area contributed by atoms with Gasteiger partial charge in [-0.3, -0.25) is 10.1 Å². The first-order chi connectivity index (χ1) is 15.5. The van der Waals surface area contributed by atoms with Crippen molar-refractivity contribution in [3.05, 3.63) is 82.3 Å². The van der Waals surface area contributed by atoms with Gasteiger partial charge in [0.15, 0.2) is 10.7 Å². The van der Waals surface area contributed by atoms with Gasteiger partial charge in [0.25, 0.3) is 5.91 Å². The molecule has 162 valence electrons. The van der Waals surface area contributed by atoms with E-state index in [4.69, 9.17) is 21.4 Å². The lowest BCUT2D eigenvalue weighted by molar-refractivity contribution is 0.0976. The Bertz CT molecular complexity index is 1240. The molecule has 0 spiro atoms. The summed E-state index contributed by atoms with van der Waals surface area (Å²) in [5.41, 5.74) is 3.96. The van der Waals surface area contributed by atoms with Gasteiger partial charge in [-0.25, -0.2) is 4.98 Å². The van der Waals surface area contributed by atoms with Crippen LogP contribution in [0.1, 0.15) is 22.8 Å². The summed E-state index contributed by atoms with van der Waals surface area (Å²) in [6.45, 7) is 2.92. The molecule has 1 heterocycles. The van der Waals surface area contributed by atoms with Gasteiger partial charge in [-0.15, -0.1) is 0 Å². The summed E-state index contributed by atoms with van der Waals surface area (Å²) in [5.74, 6) is 0.971. The number of nitrogens with one attached hydrogen (secondary N) is 2. The van der Waals surface area contributed by atoms with Gasteiger partial charge in [0.1, 0.15) is 11.3 Å². The maximum Gasteiger partial charge on any atom is 0.257 e. The molecule has 8 heteroatoms. The fourth-order valence-corrected chi connectivity index (χ4v) is 3.74. The molecule has 2 N–H and O–H groups in total. The number of carbonyl (C=O) groups excluding carboxylic acids is 1. The largest absolute Gasteiger partial charge is 0.493 e. The molecule has 0 atom stereocenters. The molecule has 6 nitrogen and oxygen atoms in total. The number of thiocarbonyl (C=S) groups is 1. The zero-order chi connectivity index (χ0) is 22.5. The molecule has 0 bridgehead atoms. The lowest BCUT2D eigenvalue weighted by Gasteiger charge is -2.11. The van der Waals surface area contributed by atoms with Crippen molar-refractivity contribution in [1.82, 2.24) is 15.6 Å². The molecule has 0 saturated carbocycles. The number of halogens is 1. The van der Waals surface area contributed by atoms with Gasteiger partial charge in [-0.1, -0.05) is 24.3 Å². The van der Waals surface area contributed by atoms with Gasteiger partial charge in [-0.05, 0) is 83.1 Å². The Balaban J connectivity index is 1.32. The third-order valence-electron chi connectivity index (χ3n) is 4.67. The van der Waals surface area contributed by atoms with Crippen LogP contribution in [0.2, 0.25) is 0 Å². The Morgan fingerprint density at radius 1 is 1.12 bits per heavy atom. The molecule has 0 unspecified atom stereocenters. The van der Waals surface area contributed by atoms with E-state index in [0.29, 0.717) is 34.8 Å². The molecule has 0 saturated heterocycles. The fourth-order valence-electron chi connectivity index (χ4n) is 3.08. The highest BCUT2D eigenvalue weighted by molar-refractivity contribution is 9.10. The minimum absolute atomic E-state index is 0.253. The molecular weight excluding hydrogens is 490 g/mol. The summed E-state index contributed by atoms with van der Waals surface area (Å²) in [5, 5.41) is 6.00. The Morgan fingerprint density at radius 3 is 2.62 bits per heavy atom. The number of rotatable bonds is 6. The average Bonchev–Trinajstić information content (AvgIpc) is 3.24. The molecule has 0 aliphatic carbocycles. The zero-order valence-corrected chi connectivity index (χ0v) is 19.6. The van der Waals surface area contributed by atoms with Crippen molar-refractivity contribution < 1.29 is 13.9 Å². The standard InChI is InChI=1S/C24H20BrN3O3S/c1-2-30-20-12-11-17(13-18(20)25)22(29)28-24(32)26-14-15-7-9-16(10-8-15)23-27-19-5-3-4-6-21(19)31-23/h3-13H,2,14H2,1H3,(H2,26,28,29,32). The van der Waals surface area contributed by atoms with Crippen LogP contribution in [-0.2, 0) is 6.54 Å². The van der Waals surface area contributed by atoms with Crippen molar-refractivity contribution in [2.24, 2.45) is 0 Å². The number of nitrogens with zero attached hydrogens (tertiary/aromatic N) is 1. The number of ether oxygens (including phenoxy) is 1. The number of aromatic nitrogens is 1. The number of hydrogen-bond acceptors (Lipinski definition) is 5. The van der Waals surface area contributed by atoms with Crippen molar-refractivity contribution in [2.45, 2.75) is 13.5 Å². The second-order valence-corrected chi connectivity index (χ2v) is 8.16. The molecule has 4 rings (SSSR count). The third kappa shape index (κ3) is 5.15. The van der Waals surface area contributed by atoms with E-state index in [0.717, 1.165) is 22.2 Å². The molecule has 0 aliphatic heterocycles. The van der Waals surface area contributed by atoms with Crippen molar-refractivity contribution in [3.8, 4) is 17.2 Å². The van der Waals surface area contributed by atoms with E-state index in [1.54, 1.807) is 18.2 Å². The molecule has 1 amide bonds. The number of benzene rings is 3. The highest BCUT2D eigenvalue weighted by Crippen LogP contribution is 2.26. The Hall–Kier alpha value is -3.23. The van der Waals surface area contributed by atoms with Crippen LogP contribution in [0, 0.1) is 0 Å². The van der Waals surface area contributed by atoms with Crippen molar-refractivity contribution in [3.63, 3.8) is 0 Å². The Labute approximate surface area is 199 Å². The molecule has 0 radical (unpaired) electrons. The van der Waals surface area contributed by atoms with Gasteiger partial charge < -0.3 is 14.5 Å². The number of para-hydroxylation sites is 2. The monoisotopic (exact) mass is 509 g/mol. The number of hydrogen-bond donors (Lipinski definition) is 2. The van der Waals surface area contributed by atoms with E-state index in [2.05, 4.69) is 31.5 Å². The number of fused-ring (bicyclic) bond motifs is 1. The second-order valence-electron chi connectivity index (χ2n) is 6.90. The second kappa shape index (κ2) is 9.93. The fraction of sp³-hybridized carbons (Fsp3) is 0.125. The quantitative estimate of drug-likeness (QED) is 0.336. The van der Waals surface area contributed by atoms with Crippen LogP contribution in [-0.4, -0.2) is 22.6 Å². The third-order valence-corrected chi connectivity index (χ3v) is 5.53. The molecule has 3 aromatic carbocycles. The number of oxazole rings is 1. The summed E-state index contributed by atoms with van der Waals surface area (Å²) in [7, 11) is 0. The molecule has 32 heavy (non-hydrogen) atoms. The van der Waals surface area contributed by atoms with Gasteiger partial charge in [0, 0.05) is 17.7 Å². The summed E-state index contributed by atoms with van der Waals surface area (Å²) >= 11 is 8.68. The normalized spacial score (nSPS) is 10.7. The van der Waals surface area contributed by atoms with Crippen molar-refractivity contribution in [2.75, 3.05) is 6.61 Å². The Kier molecular flexibility index (Phi) is 6.82. The summed E-state index contributed by atoms with van der Waals surface area (Å²) in [4.78, 5) is 17.0. The topological polar surface area (TPSA) is 76.4 Å². The summed E-state index contributed by atoms with van der Waals surface area (Å²) < 4.78 is 12.0. The first-order valence-electron chi connectivity index (χ1n) is 10.00. The van der Waals surface area contributed by atoms with E-state index in [1.165, 1.54) is 0 Å². The van der Waals surface area contributed by atoms with E-state index in [1.807, 2.05) is 55.5 Å². The molecule has 0 aliphatic rings. The predicted molar refractivity (Wildman–Crippen MR) is 132 cm³/mol. The van der Waals surface area contributed by atoms with Crippen LogP contribution in [0.15, 0.2) is 75.6 Å². The average molecular weight is 510 g/mol. The lowest BCUT2D eigenvalue weighted by Crippen LogP contribution is -2.38. The molecule has 1 aromatic heterocycles. The first-order valence-corrected chi connectivity index (χ1v) is 11.2. The molecule has 4 aromatic rings. The van der Waals surface area contributed by atoms with Gasteiger partial charge in [-0.2, -0.15) is 0 Å². The van der Waals surface area contributed by atoms with Crippen molar-refractivity contribution >= 4 is 50.3 Å². The summed E-state index contributed by atoms with van der Waals surface area (Å²) in [6.07, 6.45) is 0. The maximum absolute atomic E-state index is 12.4. The van der Waals surface area contributed by atoms with Crippen molar-refractivity contribution in [1.29, 1.82) is 0 Å². The van der Waals surface area contributed by atoms with E-state index >= 15 is 0 Å². The van der Waals surface area contributed by atoms with Gasteiger partial charge in [0.2, 0.25) is 5.89 Å². The van der Waals surface area contributed by atoms with Crippen LogP contribution in [0.5, 0.6) is 5.75 Å². The number of amides is 1. The van der Waals surface area contributed by atoms with Crippen LogP contribution in [0.3, 0.4) is 0 Å². The van der Waals surface area contributed by atoms with Gasteiger partial charge >= 0.3 is 0 Å². The number of carbonyl (C=O) groups is 1. The van der Waals surface area contributed by atoms with Crippen LogP contribution in [0.4, 0.5) is 0 Å². The van der Waals surface area contributed by atoms with Crippen LogP contribution >= 0.6 is 28.1 Å². The highest BCUT2D eigenvalue weighted by atomic mass is 79.9. The highest BCUT2D eigenvalue weighted by Gasteiger charge is 2.11. The van der Waals surface area contributed by atoms with E-state index in [-0.39, 0.29) is 11.0 Å². The summed E-state index contributed by atoms with van der Waals surface area (Å²) in [6, 6.07) is 20.6. The van der Waals surface area contributed by atoms with E-state index < -0.39 is 0 Å². The minimum atomic E-state index is -0.294. The SMILES string of the molecule is CCOc1ccc(C(=O)NC(=S)NCc2ccc(-c3nc4ccccc4o3)cc2)cc1Br. The smallest absolute Gasteiger partial charge is 0.257 e. The maximum atomic E-state index is 12.4.